The number of methoxy groups -OCH3 is 1. The second-order valence-electron chi connectivity index (χ2n) is 3.61. The van der Waals surface area contributed by atoms with Crippen molar-refractivity contribution in [1.29, 1.82) is 0 Å². The minimum absolute atomic E-state index is 0.0473. The molecule has 0 saturated carbocycles. The maximum absolute atomic E-state index is 10.9. The van der Waals surface area contributed by atoms with Gasteiger partial charge in [-0.3, -0.25) is 4.79 Å². The third-order valence-electron chi connectivity index (χ3n) is 2.14. The molecule has 0 bridgehead atoms. The third kappa shape index (κ3) is 4.38. The van der Waals surface area contributed by atoms with Crippen molar-refractivity contribution < 1.29 is 14.3 Å². The number of nitrogens with zero attached hydrogens (tertiary/aromatic N) is 2. The van der Waals surface area contributed by atoms with Gasteiger partial charge in [-0.25, -0.2) is 0 Å². The van der Waals surface area contributed by atoms with E-state index < -0.39 is 0 Å². The smallest absolute Gasteiger partial charge is 0.236 e. The van der Waals surface area contributed by atoms with E-state index in [1.165, 1.54) is 11.8 Å². The summed E-state index contributed by atoms with van der Waals surface area (Å²) >= 11 is 1.33. The number of hydrogen-bond acceptors (Lipinski definition) is 6. The van der Waals surface area contributed by atoms with Gasteiger partial charge in [0.15, 0.2) is 12.0 Å². The van der Waals surface area contributed by atoms with Crippen LogP contribution in [0.1, 0.15) is 5.56 Å². The first-order valence-electron chi connectivity index (χ1n) is 5.53. The van der Waals surface area contributed by atoms with Gasteiger partial charge in [-0.1, -0.05) is 23.9 Å². The van der Waals surface area contributed by atoms with E-state index >= 15 is 0 Å². The van der Waals surface area contributed by atoms with Crippen molar-refractivity contribution in [1.82, 2.24) is 5.32 Å². The lowest BCUT2D eigenvalue weighted by molar-refractivity contribution is -0.116. The Labute approximate surface area is 114 Å². The topological polar surface area (TPSA) is 72.3 Å². The quantitative estimate of drug-likeness (QED) is 0.500. The Bertz CT molecular complexity index is 517. The van der Waals surface area contributed by atoms with E-state index in [4.69, 9.17) is 9.47 Å². The van der Waals surface area contributed by atoms with Gasteiger partial charge in [0.2, 0.25) is 5.91 Å². The van der Waals surface area contributed by atoms with Crippen molar-refractivity contribution in [3.8, 4) is 5.75 Å². The van der Waals surface area contributed by atoms with Crippen LogP contribution in [0.25, 0.3) is 0 Å². The molecule has 0 radical (unpaired) electrons. The lowest BCUT2D eigenvalue weighted by Crippen LogP contribution is -2.19. The normalized spacial score (nSPS) is 17.1. The van der Waals surface area contributed by atoms with E-state index in [1.54, 1.807) is 13.3 Å². The first-order valence-corrected chi connectivity index (χ1v) is 6.52. The standard InChI is InChI=1S/C12H13N3O3S/c1-17-8-18-10-4-2-3-9(5-10)6-13-15-12-14-11(16)7-19-12/h2-6H,7-8H2,1H3,(H,14,15,16). The van der Waals surface area contributed by atoms with Crippen LogP contribution in [0, 0.1) is 0 Å². The molecule has 1 fully saturated rings. The maximum Gasteiger partial charge on any atom is 0.236 e. The van der Waals surface area contributed by atoms with Crippen LogP contribution in [0.5, 0.6) is 5.75 Å². The Morgan fingerprint density at radius 2 is 2.42 bits per heavy atom. The number of carbonyl (C=O) groups is 1. The Morgan fingerprint density at radius 3 is 3.16 bits per heavy atom. The number of thioether (sulfide) groups is 1. The number of rotatable bonds is 5. The molecule has 1 aromatic rings. The summed E-state index contributed by atoms with van der Waals surface area (Å²) in [5, 5.41) is 11.0. The minimum atomic E-state index is -0.0473. The van der Waals surface area contributed by atoms with Crippen LogP contribution in [0.3, 0.4) is 0 Å². The largest absolute Gasteiger partial charge is 0.468 e. The highest BCUT2D eigenvalue weighted by molar-refractivity contribution is 8.15. The van der Waals surface area contributed by atoms with Gasteiger partial charge in [0.25, 0.3) is 0 Å². The molecule has 1 aliphatic rings. The number of carbonyl (C=O) groups excluding carboxylic acids is 1. The Morgan fingerprint density at radius 1 is 1.53 bits per heavy atom. The molecule has 1 aromatic carbocycles. The van der Waals surface area contributed by atoms with Crippen LogP contribution < -0.4 is 10.1 Å². The SMILES string of the molecule is COCOc1cccc(C=NN=C2NC(=O)CS2)c1. The van der Waals surface area contributed by atoms with Gasteiger partial charge in [0, 0.05) is 7.11 Å². The molecule has 2 rings (SSSR count). The van der Waals surface area contributed by atoms with E-state index in [0.29, 0.717) is 16.7 Å². The van der Waals surface area contributed by atoms with E-state index in [-0.39, 0.29) is 12.7 Å². The average molecular weight is 279 g/mol. The lowest BCUT2D eigenvalue weighted by Gasteiger charge is -2.04. The molecule has 1 heterocycles. The molecule has 1 saturated heterocycles. The number of nitrogens with one attached hydrogen (secondary N) is 1. The summed E-state index contributed by atoms with van der Waals surface area (Å²) in [6, 6.07) is 7.38. The summed E-state index contributed by atoms with van der Waals surface area (Å²) in [6.07, 6.45) is 1.59. The second-order valence-corrected chi connectivity index (χ2v) is 4.57. The van der Waals surface area contributed by atoms with Crippen LogP contribution in [-0.4, -0.2) is 36.9 Å². The molecule has 0 spiro atoms. The summed E-state index contributed by atoms with van der Waals surface area (Å²) in [7, 11) is 1.56. The predicted octanol–water partition coefficient (Wildman–Crippen LogP) is 1.22. The zero-order valence-electron chi connectivity index (χ0n) is 10.3. The first kappa shape index (κ1) is 13.6. The third-order valence-corrected chi connectivity index (χ3v) is 3.01. The highest BCUT2D eigenvalue weighted by Crippen LogP contribution is 2.12. The van der Waals surface area contributed by atoms with Gasteiger partial charge < -0.3 is 14.8 Å². The van der Waals surface area contributed by atoms with E-state index in [9.17, 15) is 4.79 Å². The fourth-order valence-corrected chi connectivity index (χ4v) is 1.97. The molecule has 6 nitrogen and oxygen atoms in total. The fourth-order valence-electron chi connectivity index (χ4n) is 1.34. The van der Waals surface area contributed by atoms with Crippen molar-refractivity contribution in [3.05, 3.63) is 29.8 Å². The number of hydrogen-bond donors (Lipinski definition) is 1. The number of amides is 1. The minimum Gasteiger partial charge on any atom is -0.468 e. The van der Waals surface area contributed by atoms with E-state index in [2.05, 4.69) is 15.5 Å². The first-order chi connectivity index (χ1) is 9.28. The molecule has 19 heavy (non-hydrogen) atoms. The molecule has 100 valence electrons. The lowest BCUT2D eigenvalue weighted by atomic mass is 10.2. The van der Waals surface area contributed by atoms with Crippen LogP contribution in [0.2, 0.25) is 0 Å². The zero-order valence-corrected chi connectivity index (χ0v) is 11.1. The molecular formula is C12H13N3O3S. The molecular weight excluding hydrogens is 266 g/mol. The van der Waals surface area contributed by atoms with Crippen molar-refractivity contribution in [2.75, 3.05) is 19.7 Å². The Kier molecular flexibility index (Phi) is 4.93. The van der Waals surface area contributed by atoms with Gasteiger partial charge in [-0.2, -0.15) is 5.10 Å². The highest BCUT2D eigenvalue weighted by Gasteiger charge is 2.15. The Hall–Kier alpha value is -1.86. The van der Waals surface area contributed by atoms with Crippen LogP contribution in [0.4, 0.5) is 0 Å². The molecule has 0 unspecified atom stereocenters. The summed E-state index contributed by atoms with van der Waals surface area (Å²) in [5.41, 5.74) is 0.854. The van der Waals surface area contributed by atoms with Crippen LogP contribution in [-0.2, 0) is 9.53 Å². The van der Waals surface area contributed by atoms with E-state index in [0.717, 1.165) is 5.56 Å². The molecule has 1 N–H and O–H groups in total. The van der Waals surface area contributed by atoms with Crippen LogP contribution >= 0.6 is 11.8 Å². The van der Waals surface area contributed by atoms with Gasteiger partial charge in [-0.05, 0) is 17.7 Å². The molecule has 1 aliphatic heterocycles. The van der Waals surface area contributed by atoms with Gasteiger partial charge in [0.1, 0.15) is 5.75 Å². The molecule has 0 aliphatic carbocycles. The summed E-state index contributed by atoms with van der Waals surface area (Å²) in [6.45, 7) is 0.200. The molecule has 7 heteroatoms. The second kappa shape index (κ2) is 6.91. The van der Waals surface area contributed by atoms with Crippen LogP contribution in [0.15, 0.2) is 34.5 Å². The number of ether oxygens (including phenoxy) is 2. The zero-order chi connectivity index (χ0) is 13.5. The number of amidine groups is 1. The highest BCUT2D eigenvalue weighted by atomic mass is 32.2. The van der Waals surface area contributed by atoms with E-state index in [1.807, 2.05) is 24.3 Å². The maximum atomic E-state index is 10.9. The number of benzene rings is 1. The van der Waals surface area contributed by atoms with Gasteiger partial charge in [-0.15, -0.1) is 5.10 Å². The molecule has 1 amide bonds. The van der Waals surface area contributed by atoms with Crippen molar-refractivity contribution >= 4 is 29.1 Å². The van der Waals surface area contributed by atoms with Crippen molar-refractivity contribution in [2.24, 2.45) is 10.2 Å². The summed E-state index contributed by atoms with van der Waals surface area (Å²) in [5.74, 6) is 1.05. The summed E-state index contributed by atoms with van der Waals surface area (Å²) in [4.78, 5) is 10.9. The Balaban J connectivity index is 1.96. The monoisotopic (exact) mass is 279 g/mol. The fraction of sp³-hybridized carbons (Fsp3) is 0.250. The average Bonchev–Trinajstić information content (AvgIpc) is 2.83. The predicted molar refractivity (Wildman–Crippen MR) is 74.6 cm³/mol. The molecule has 0 aromatic heterocycles. The summed E-state index contributed by atoms with van der Waals surface area (Å²) < 4.78 is 10.1. The van der Waals surface area contributed by atoms with Crippen molar-refractivity contribution in [2.45, 2.75) is 0 Å². The van der Waals surface area contributed by atoms with Gasteiger partial charge >= 0.3 is 0 Å². The van der Waals surface area contributed by atoms with Gasteiger partial charge in [0.05, 0.1) is 12.0 Å². The molecule has 0 atom stereocenters. The van der Waals surface area contributed by atoms with Crippen molar-refractivity contribution in [3.63, 3.8) is 0 Å².